The predicted molar refractivity (Wildman–Crippen MR) is 126 cm³/mol. The largest absolute Gasteiger partial charge is 0.336 e. The molecule has 2 heterocycles. The van der Waals surface area contributed by atoms with Gasteiger partial charge in [-0.05, 0) is 42.2 Å². The Hall–Kier alpha value is -2.78. The molecule has 1 aromatic heterocycles. The molecule has 1 N–H and O–H groups in total. The molecule has 0 atom stereocenters. The molecule has 166 valence electrons. The van der Waals surface area contributed by atoms with Crippen molar-refractivity contribution >= 4 is 37.8 Å². The normalized spacial score (nSPS) is 13.5. The molecule has 4 rings (SSSR count). The molecule has 0 saturated heterocycles. The minimum Gasteiger partial charge on any atom is -0.336 e. The number of aromatic nitrogens is 2. The number of anilines is 1. The van der Waals surface area contributed by atoms with E-state index in [-0.39, 0.29) is 10.5 Å². The Labute approximate surface area is 196 Å². The topological polar surface area (TPSA) is 92.3 Å². The first-order chi connectivity index (χ1) is 15.4. The molecule has 0 spiro atoms. The fourth-order valence-electron chi connectivity index (χ4n) is 3.71. The van der Waals surface area contributed by atoms with E-state index in [1.807, 2.05) is 19.1 Å². The van der Waals surface area contributed by atoms with Gasteiger partial charge in [0.05, 0.1) is 16.2 Å². The lowest BCUT2D eigenvalue weighted by atomic mass is 10.0. The fourth-order valence-corrected chi connectivity index (χ4v) is 5.28. The Bertz CT molecular complexity index is 1260. The molecule has 0 aliphatic carbocycles. The number of sulfonamides is 1. The van der Waals surface area contributed by atoms with Crippen LogP contribution in [0.15, 0.2) is 64.1 Å². The molecule has 1 aliphatic rings. The summed E-state index contributed by atoms with van der Waals surface area (Å²) in [5, 5.41) is 0. The van der Waals surface area contributed by atoms with E-state index >= 15 is 0 Å². The molecular formula is C23H23BrN4O3S. The molecule has 1 aliphatic heterocycles. The predicted octanol–water partition coefficient (Wildman–Crippen LogP) is 3.87. The van der Waals surface area contributed by atoms with Crippen molar-refractivity contribution in [2.75, 3.05) is 11.4 Å². The molecule has 9 heteroatoms. The number of hydrogen-bond donors (Lipinski definition) is 1. The van der Waals surface area contributed by atoms with Gasteiger partial charge in [0.25, 0.3) is 15.9 Å². The number of aryl methyl sites for hydroxylation is 1. The van der Waals surface area contributed by atoms with E-state index in [2.05, 4.69) is 47.7 Å². The van der Waals surface area contributed by atoms with Crippen molar-refractivity contribution in [1.82, 2.24) is 14.7 Å². The third kappa shape index (κ3) is 4.83. The number of nitrogens with one attached hydrogen (secondary N) is 1. The van der Waals surface area contributed by atoms with Crippen LogP contribution in [-0.4, -0.2) is 30.8 Å². The number of benzene rings is 2. The lowest BCUT2D eigenvalue weighted by Crippen LogP contribution is -2.34. The van der Waals surface area contributed by atoms with Crippen LogP contribution in [0.2, 0.25) is 0 Å². The number of hydrogen-bond acceptors (Lipinski definition) is 6. The summed E-state index contributed by atoms with van der Waals surface area (Å²) in [6.07, 6.45) is 3.63. The van der Waals surface area contributed by atoms with Crippen LogP contribution < -0.4 is 9.62 Å². The van der Waals surface area contributed by atoms with Crippen LogP contribution >= 0.6 is 15.9 Å². The average Bonchev–Trinajstić information content (AvgIpc) is 2.78. The summed E-state index contributed by atoms with van der Waals surface area (Å²) in [5.74, 6) is -0.182. The summed E-state index contributed by atoms with van der Waals surface area (Å²) >= 11 is 3.25. The Balaban J connectivity index is 1.59. The fraction of sp³-hybridized carbons (Fsp3) is 0.261. The Kier molecular flexibility index (Phi) is 6.57. The van der Waals surface area contributed by atoms with Crippen molar-refractivity contribution in [3.63, 3.8) is 0 Å². The molecule has 2 aromatic carbocycles. The second-order valence-corrected chi connectivity index (χ2v) is 10.2. The minimum absolute atomic E-state index is 0.00165. The third-order valence-corrected chi connectivity index (χ3v) is 7.16. The van der Waals surface area contributed by atoms with E-state index in [0.29, 0.717) is 29.1 Å². The van der Waals surface area contributed by atoms with Crippen molar-refractivity contribution in [1.29, 1.82) is 0 Å². The Morgan fingerprint density at radius 3 is 2.69 bits per heavy atom. The third-order valence-electron chi connectivity index (χ3n) is 5.33. The summed E-state index contributed by atoms with van der Waals surface area (Å²) in [5.41, 5.74) is 3.28. The van der Waals surface area contributed by atoms with Gasteiger partial charge in [-0.25, -0.2) is 23.1 Å². The number of carbonyl (C=O) groups excluding carboxylic acids is 1. The number of rotatable bonds is 6. The second-order valence-electron chi connectivity index (χ2n) is 7.61. The zero-order valence-electron chi connectivity index (χ0n) is 17.6. The number of carbonyl (C=O) groups is 1. The number of halogens is 1. The van der Waals surface area contributed by atoms with Crippen LogP contribution in [0, 0.1) is 0 Å². The quantitative estimate of drug-likeness (QED) is 0.536. The first kappa shape index (κ1) is 22.4. The van der Waals surface area contributed by atoms with E-state index in [9.17, 15) is 13.2 Å². The lowest BCUT2D eigenvalue weighted by molar-refractivity contribution is 0.0979. The van der Waals surface area contributed by atoms with Gasteiger partial charge < -0.3 is 4.90 Å². The molecule has 0 saturated carbocycles. The van der Waals surface area contributed by atoms with E-state index in [1.165, 1.54) is 29.5 Å². The maximum absolute atomic E-state index is 12.9. The van der Waals surface area contributed by atoms with Gasteiger partial charge in [0.1, 0.15) is 0 Å². The Morgan fingerprint density at radius 1 is 1.16 bits per heavy atom. The molecule has 0 unspecified atom stereocenters. The molecule has 32 heavy (non-hydrogen) atoms. The van der Waals surface area contributed by atoms with Gasteiger partial charge in [0, 0.05) is 23.8 Å². The van der Waals surface area contributed by atoms with Gasteiger partial charge in [-0.3, -0.25) is 4.79 Å². The second kappa shape index (κ2) is 9.38. The first-order valence-electron chi connectivity index (χ1n) is 10.4. The van der Waals surface area contributed by atoms with Crippen molar-refractivity contribution in [2.45, 2.75) is 37.6 Å². The zero-order chi connectivity index (χ0) is 22.7. The highest BCUT2D eigenvalue weighted by Gasteiger charge is 2.24. The van der Waals surface area contributed by atoms with E-state index in [4.69, 9.17) is 0 Å². The summed E-state index contributed by atoms with van der Waals surface area (Å²) in [6, 6.07) is 14.5. The maximum Gasteiger partial charge on any atom is 0.268 e. The van der Waals surface area contributed by atoms with E-state index in [1.54, 1.807) is 12.1 Å². The monoisotopic (exact) mass is 514 g/mol. The van der Waals surface area contributed by atoms with Crippen LogP contribution in [0.1, 0.15) is 40.5 Å². The van der Waals surface area contributed by atoms with Gasteiger partial charge in [-0.1, -0.05) is 59.6 Å². The van der Waals surface area contributed by atoms with Gasteiger partial charge in [0.15, 0.2) is 0 Å². The van der Waals surface area contributed by atoms with Crippen LogP contribution in [-0.2, 0) is 29.4 Å². The molecule has 1 amide bonds. The Morgan fingerprint density at radius 2 is 1.94 bits per heavy atom. The zero-order valence-corrected chi connectivity index (χ0v) is 20.0. The number of fused-ring (bicyclic) bond motifs is 1. The van der Waals surface area contributed by atoms with Crippen molar-refractivity contribution in [3.8, 4) is 0 Å². The average molecular weight is 515 g/mol. The highest BCUT2D eigenvalue weighted by molar-refractivity contribution is 9.10. The van der Waals surface area contributed by atoms with Crippen molar-refractivity contribution < 1.29 is 13.2 Å². The SMILES string of the molecule is CCCc1nc(N2CCc3ccccc3C2)ncc1C(=O)NS(=O)(=O)c1cccc(Br)c1. The lowest BCUT2D eigenvalue weighted by Gasteiger charge is -2.29. The highest BCUT2D eigenvalue weighted by Crippen LogP contribution is 2.23. The van der Waals surface area contributed by atoms with Gasteiger partial charge >= 0.3 is 0 Å². The standard InChI is InChI=1S/C23H23BrN4O3S/c1-2-6-21-20(22(29)27-32(30,31)19-10-5-9-18(24)13-19)14-25-23(26-21)28-12-11-16-7-3-4-8-17(16)15-28/h3-5,7-10,13-14H,2,6,11-12,15H2,1H3,(H,27,29). The van der Waals surface area contributed by atoms with Crippen LogP contribution in [0.5, 0.6) is 0 Å². The smallest absolute Gasteiger partial charge is 0.268 e. The van der Waals surface area contributed by atoms with E-state index in [0.717, 1.165) is 19.4 Å². The van der Waals surface area contributed by atoms with Gasteiger partial charge in [-0.2, -0.15) is 0 Å². The number of amides is 1. The van der Waals surface area contributed by atoms with Crippen LogP contribution in [0.25, 0.3) is 0 Å². The summed E-state index contributed by atoms with van der Waals surface area (Å²) in [4.78, 5) is 24.0. The molecule has 0 fully saturated rings. The molecule has 3 aromatic rings. The summed E-state index contributed by atoms with van der Waals surface area (Å²) in [7, 11) is -4.02. The van der Waals surface area contributed by atoms with E-state index < -0.39 is 15.9 Å². The summed E-state index contributed by atoms with van der Waals surface area (Å²) in [6.45, 7) is 3.47. The summed E-state index contributed by atoms with van der Waals surface area (Å²) < 4.78 is 28.1. The van der Waals surface area contributed by atoms with Gasteiger partial charge in [0.2, 0.25) is 5.95 Å². The molecule has 0 radical (unpaired) electrons. The minimum atomic E-state index is -4.02. The molecule has 0 bridgehead atoms. The molecular weight excluding hydrogens is 492 g/mol. The number of nitrogens with zero attached hydrogens (tertiary/aromatic N) is 3. The highest BCUT2D eigenvalue weighted by atomic mass is 79.9. The van der Waals surface area contributed by atoms with Crippen LogP contribution in [0.4, 0.5) is 5.95 Å². The van der Waals surface area contributed by atoms with Crippen LogP contribution in [0.3, 0.4) is 0 Å². The first-order valence-corrected chi connectivity index (χ1v) is 12.7. The van der Waals surface area contributed by atoms with Gasteiger partial charge in [-0.15, -0.1) is 0 Å². The van der Waals surface area contributed by atoms with Crippen molar-refractivity contribution in [3.05, 3.63) is 81.6 Å². The molecule has 7 nitrogen and oxygen atoms in total. The van der Waals surface area contributed by atoms with Crippen molar-refractivity contribution in [2.24, 2.45) is 0 Å². The maximum atomic E-state index is 12.9.